The topological polar surface area (TPSA) is 92.3 Å². The van der Waals surface area contributed by atoms with Crippen LogP contribution in [0.25, 0.3) is 0 Å². The van der Waals surface area contributed by atoms with Gasteiger partial charge >= 0.3 is 0 Å². The summed E-state index contributed by atoms with van der Waals surface area (Å²) in [7, 11) is 0. The molecule has 11 heteroatoms. The SMILES string of the molecule is Cc1ccc(S[C@@H]2O[C@H](COCc3ccccc3)[C@@H](O[C@@H]3O[C@H](COCc4ccccc4)[C@H](OCc4ccccc4)[C@H](OCc4ccccc4)[C@H]3OCc3ccccc3)[C@H](OCc3ccccc3)[C@H]2OCc2ccccc2)cc1. The Morgan fingerprint density at radius 3 is 1.03 bits per heavy atom. The lowest BCUT2D eigenvalue weighted by molar-refractivity contribution is -0.360. The van der Waals surface area contributed by atoms with Crippen molar-refractivity contribution in [1.82, 2.24) is 0 Å². The number of aryl methyl sites for hydroxylation is 1. The molecule has 8 aromatic carbocycles. The van der Waals surface area contributed by atoms with Gasteiger partial charge in [-0.1, -0.05) is 242 Å². The lowest BCUT2D eigenvalue weighted by atomic mass is 9.96. The van der Waals surface area contributed by atoms with Gasteiger partial charge in [0, 0.05) is 4.90 Å². The quantitative estimate of drug-likeness (QED) is 0.0493. The van der Waals surface area contributed by atoms with Crippen molar-refractivity contribution in [2.24, 2.45) is 0 Å². The summed E-state index contributed by atoms with van der Waals surface area (Å²) in [5.41, 5.74) is 7.64. The number of rotatable bonds is 27. The zero-order chi connectivity index (χ0) is 53.7. The van der Waals surface area contributed by atoms with Crippen LogP contribution in [0.15, 0.2) is 241 Å². The minimum Gasteiger partial charge on any atom is -0.374 e. The highest BCUT2D eigenvalue weighted by atomic mass is 32.2. The van der Waals surface area contributed by atoms with Gasteiger partial charge < -0.3 is 47.4 Å². The average molecular weight is 1080 g/mol. The van der Waals surface area contributed by atoms with E-state index in [1.54, 1.807) is 11.8 Å². The molecule has 10 atom stereocenters. The molecule has 0 N–H and O–H groups in total. The molecule has 2 aliphatic heterocycles. The van der Waals surface area contributed by atoms with Gasteiger partial charge in [0.05, 0.1) is 59.5 Å². The van der Waals surface area contributed by atoms with E-state index < -0.39 is 60.6 Å². The molecule has 0 spiro atoms. The molecule has 0 aromatic heterocycles. The zero-order valence-electron chi connectivity index (χ0n) is 44.6. The second-order valence-corrected chi connectivity index (χ2v) is 21.1. The predicted octanol–water partition coefficient (Wildman–Crippen LogP) is 13.3. The van der Waals surface area contributed by atoms with E-state index >= 15 is 0 Å². The van der Waals surface area contributed by atoms with E-state index in [4.69, 9.17) is 47.4 Å². The van der Waals surface area contributed by atoms with Gasteiger partial charge in [0.1, 0.15) is 54.3 Å². The molecule has 79 heavy (non-hydrogen) atoms. The maximum atomic E-state index is 7.68. The second-order valence-electron chi connectivity index (χ2n) is 19.9. The molecule has 408 valence electrons. The van der Waals surface area contributed by atoms with Crippen molar-refractivity contribution in [3.63, 3.8) is 0 Å². The van der Waals surface area contributed by atoms with Crippen molar-refractivity contribution >= 4 is 11.8 Å². The standard InChI is InChI=1S/C68H70O10S/c1-50-37-39-58(40-38-50)79-68-66(75-47-57-35-21-8-22-36-57)64(73-45-55-31-17-6-18-32-55)62(60(77-68)49-70-42-52-25-11-3-12-26-52)78-67-65(74-46-56-33-19-7-20-34-56)63(72-44-54-29-15-5-16-30-54)61(71-43-53-27-13-4-14-28-53)59(76-67)48-69-41-51-23-9-2-10-24-51/h2-40,59-68H,41-49H2,1H3/t59-,60-,61+,62-,63+,64+,65-,66-,67+,68+/m1/s1. The molecule has 0 radical (unpaired) electrons. The van der Waals surface area contributed by atoms with Gasteiger partial charge in [-0.2, -0.15) is 0 Å². The molecule has 10 nitrogen and oxygen atoms in total. The number of thioether (sulfide) groups is 1. The van der Waals surface area contributed by atoms with Gasteiger partial charge in [-0.25, -0.2) is 0 Å². The molecule has 0 aliphatic carbocycles. The first kappa shape index (κ1) is 56.0. The molecule has 0 unspecified atom stereocenters. The largest absolute Gasteiger partial charge is 0.374 e. The van der Waals surface area contributed by atoms with E-state index in [0.717, 1.165) is 49.4 Å². The monoisotopic (exact) mass is 1080 g/mol. The fourth-order valence-corrected chi connectivity index (χ4v) is 10.9. The van der Waals surface area contributed by atoms with Crippen LogP contribution in [0.2, 0.25) is 0 Å². The van der Waals surface area contributed by atoms with Crippen molar-refractivity contribution in [3.05, 3.63) is 281 Å². The summed E-state index contributed by atoms with van der Waals surface area (Å²) in [6.45, 7) is 4.47. The summed E-state index contributed by atoms with van der Waals surface area (Å²) in [5, 5.41) is 0. The van der Waals surface area contributed by atoms with Crippen LogP contribution in [-0.4, -0.2) is 73.8 Å². The average Bonchev–Trinajstić information content (AvgIpc) is 3.63. The fourth-order valence-electron chi connectivity index (χ4n) is 9.80. The van der Waals surface area contributed by atoms with Crippen molar-refractivity contribution in [2.75, 3.05) is 13.2 Å². The number of hydrogen-bond acceptors (Lipinski definition) is 11. The maximum absolute atomic E-state index is 7.68. The number of ether oxygens (including phenoxy) is 10. The first-order chi connectivity index (χ1) is 39.1. The van der Waals surface area contributed by atoms with Crippen LogP contribution >= 0.6 is 11.8 Å². The molecule has 0 saturated carbocycles. The summed E-state index contributed by atoms with van der Waals surface area (Å²) in [5.74, 6) is 0. The van der Waals surface area contributed by atoms with E-state index in [0.29, 0.717) is 26.4 Å². The van der Waals surface area contributed by atoms with Crippen LogP contribution in [-0.2, 0) is 93.6 Å². The third kappa shape index (κ3) is 16.6. The van der Waals surface area contributed by atoms with Crippen LogP contribution in [0.5, 0.6) is 0 Å². The van der Waals surface area contributed by atoms with E-state index in [-0.39, 0.29) is 33.0 Å². The predicted molar refractivity (Wildman–Crippen MR) is 307 cm³/mol. The Balaban J connectivity index is 1.06. The Kier molecular flexibility index (Phi) is 21.1. The van der Waals surface area contributed by atoms with Gasteiger partial charge in [0.25, 0.3) is 0 Å². The highest BCUT2D eigenvalue weighted by Crippen LogP contribution is 2.41. The third-order valence-corrected chi connectivity index (χ3v) is 15.1. The van der Waals surface area contributed by atoms with Gasteiger partial charge in [0.2, 0.25) is 0 Å². The van der Waals surface area contributed by atoms with Crippen LogP contribution in [0.4, 0.5) is 0 Å². The van der Waals surface area contributed by atoms with Crippen molar-refractivity contribution < 1.29 is 47.4 Å². The maximum Gasteiger partial charge on any atom is 0.187 e. The molecule has 2 saturated heterocycles. The van der Waals surface area contributed by atoms with E-state index in [9.17, 15) is 0 Å². The van der Waals surface area contributed by atoms with E-state index in [1.165, 1.54) is 0 Å². The Morgan fingerprint density at radius 2 is 0.633 bits per heavy atom. The molecule has 10 rings (SSSR count). The Hall–Kier alpha value is -6.29. The minimum atomic E-state index is -1.09. The summed E-state index contributed by atoms with van der Waals surface area (Å²) < 4.78 is 71.5. The number of benzene rings is 8. The summed E-state index contributed by atoms with van der Waals surface area (Å²) in [6, 6.07) is 79.5. The third-order valence-electron chi connectivity index (χ3n) is 14.0. The lowest BCUT2D eigenvalue weighted by Gasteiger charge is -2.50. The first-order valence-corrected chi connectivity index (χ1v) is 28.2. The van der Waals surface area contributed by atoms with Crippen molar-refractivity contribution in [2.45, 2.75) is 119 Å². The Bertz CT molecular complexity index is 2930. The van der Waals surface area contributed by atoms with Crippen molar-refractivity contribution in [3.8, 4) is 0 Å². The second kappa shape index (κ2) is 29.8. The Morgan fingerprint density at radius 1 is 0.316 bits per heavy atom. The molecule has 2 heterocycles. The minimum absolute atomic E-state index is 0.154. The summed E-state index contributed by atoms with van der Waals surface area (Å²) >= 11 is 1.60. The Labute approximate surface area is 469 Å². The normalized spacial score (nSPS) is 23.1. The van der Waals surface area contributed by atoms with Crippen LogP contribution in [0.3, 0.4) is 0 Å². The highest BCUT2D eigenvalue weighted by molar-refractivity contribution is 7.99. The van der Waals surface area contributed by atoms with Gasteiger partial charge in [-0.05, 0) is 58.0 Å². The fraction of sp³-hybridized carbons (Fsp3) is 0.294. The highest BCUT2D eigenvalue weighted by Gasteiger charge is 2.54. The molecule has 0 bridgehead atoms. The van der Waals surface area contributed by atoms with E-state index in [1.807, 2.05) is 140 Å². The van der Waals surface area contributed by atoms with Gasteiger partial charge in [0.15, 0.2) is 6.29 Å². The van der Waals surface area contributed by atoms with Gasteiger partial charge in [-0.3, -0.25) is 0 Å². The number of hydrogen-bond donors (Lipinski definition) is 0. The van der Waals surface area contributed by atoms with Gasteiger partial charge in [-0.15, -0.1) is 0 Å². The summed E-state index contributed by atoms with van der Waals surface area (Å²) in [6.07, 6.45) is -7.05. The lowest BCUT2D eigenvalue weighted by Crippen LogP contribution is -2.66. The van der Waals surface area contributed by atoms with Crippen LogP contribution < -0.4 is 0 Å². The van der Waals surface area contributed by atoms with Crippen LogP contribution in [0, 0.1) is 6.92 Å². The zero-order valence-corrected chi connectivity index (χ0v) is 45.5. The molecule has 8 aromatic rings. The summed E-state index contributed by atoms with van der Waals surface area (Å²) in [4.78, 5) is 1.03. The van der Waals surface area contributed by atoms with Crippen molar-refractivity contribution in [1.29, 1.82) is 0 Å². The smallest absolute Gasteiger partial charge is 0.187 e. The molecule has 2 aliphatic rings. The first-order valence-electron chi connectivity index (χ1n) is 27.3. The van der Waals surface area contributed by atoms with E-state index in [2.05, 4.69) is 104 Å². The van der Waals surface area contributed by atoms with Crippen LogP contribution in [0.1, 0.15) is 44.5 Å². The molecule has 2 fully saturated rings. The molecular weight excluding hydrogens is 1010 g/mol. The molecular formula is C68H70O10S. The molecule has 0 amide bonds.